The first-order chi connectivity index (χ1) is 14.3. The van der Waals surface area contributed by atoms with Gasteiger partial charge in [-0.2, -0.15) is 4.31 Å². The Morgan fingerprint density at radius 2 is 1.90 bits per heavy atom. The number of thioether (sulfide) groups is 1. The Balaban J connectivity index is 1.59. The second-order valence-electron chi connectivity index (χ2n) is 7.43. The van der Waals surface area contributed by atoms with Crippen LogP contribution in [0.2, 0.25) is 0 Å². The topological polar surface area (TPSA) is 86.8 Å². The fourth-order valence-electron chi connectivity index (χ4n) is 3.66. The van der Waals surface area contributed by atoms with Gasteiger partial charge in [-0.1, -0.05) is 12.1 Å². The van der Waals surface area contributed by atoms with E-state index in [0.29, 0.717) is 24.5 Å². The summed E-state index contributed by atoms with van der Waals surface area (Å²) in [5.41, 5.74) is 2.14. The van der Waals surface area contributed by atoms with Gasteiger partial charge in [0.05, 0.1) is 16.3 Å². The van der Waals surface area contributed by atoms with Crippen molar-refractivity contribution in [1.82, 2.24) is 4.31 Å². The number of nitrogens with zero attached hydrogens (tertiary/aromatic N) is 2. The van der Waals surface area contributed by atoms with E-state index in [9.17, 15) is 18.0 Å². The number of nitrogens with one attached hydrogen (secondary N) is 1. The highest BCUT2D eigenvalue weighted by Crippen LogP contribution is 2.37. The molecule has 7 nitrogen and oxygen atoms in total. The molecule has 2 heterocycles. The van der Waals surface area contributed by atoms with Crippen molar-refractivity contribution >= 4 is 45.0 Å². The number of fused-ring (bicyclic) bond motifs is 1. The number of anilines is 2. The zero-order valence-corrected chi connectivity index (χ0v) is 18.3. The molecule has 0 radical (unpaired) electrons. The third-order valence-corrected chi connectivity index (χ3v) is 8.12. The lowest BCUT2D eigenvalue weighted by Gasteiger charge is -2.29. The summed E-state index contributed by atoms with van der Waals surface area (Å²) in [6.45, 7) is 2.78. The zero-order valence-electron chi connectivity index (χ0n) is 16.6. The van der Waals surface area contributed by atoms with Crippen LogP contribution in [0, 0.1) is 6.92 Å². The van der Waals surface area contributed by atoms with Gasteiger partial charge in [-0.25, -0.2) is 8.42 Å². The van der Waals surface area contributed by atoms with Crippen LogP contribution >= 0.6 is 11.8 Å². The van der Waals surface area contributed by atoms with Crippen molar-refractivity contribution < 1.29 is 18.0 Å². The molecule has 158 valence electrons. The lowest BCUT2D eigenvalue weighted by atomic mass is 10.2. The second kappa shape index (κ2) is 8.41. The maximum absolute atomic E-state index is 12.9. The van der Waals surface area contributed by atoms with Crippen LogP contribution in [0.4, 0.5) is 11.4 Å². The summed E-state index contributed by atoms with van der Waals surface area (Å²) in [6.07, 6.45) is 1.70. The van der Waals surface area contributed by atoms with Gasteiger partial charge in [-0.3, -0.25) is 9.59 Å². The van der Waals surface area contributed by atoms with E-state index in [4.69, 9.17) is 0 Å². The van der Waals surface area contributed by atoms with Crippen molar-refractivity contribution in [3.8, 4) is 0 Å². The number of amides is 2. The summed E-state index contributed by atoms with van der Waals surface area (Å²) >= 11 is 1.35. The predicted molar refractivity (Wildman–Crippen MR) is 117 cm³/mol. The molecule has 2 aromatic carbocycles. The average molecular weight is 446 g/mol. The SMILES string of the molecule is Cc1cccc(NC(=O)CN2C(=O)CSc3ccc(S(=O)(=O)N4CCCC4)cc32)c1. The minimum atomic E-state index is -3.61. The van der Waals surface area contributed by atoms with Crippen LogP contribution < -0.4 is 10.2 Å². The first-order valence-electron chi connectivity index (χ1n) is 9.78. The quantitative estimate of drug-likeness (QED) is 0.765. The van der Waals surface area contributed by atoms with Crippen LogP contribution in [0.3, 0.4) is 0 Å². The van der Waals surface area contributed by atoms with Crippen molar-refractivity contribution in [2.75, 3.05) is 35.6 Å². The number of carbonyl (C=O) groups is 2. The van der Waals surface area contributed by atoms with Crippen molar-refractivity contribution in [1.29, 1.82) is 0 Å². The molecular formula is C21H23N3O4S2. The summed E-state index contributed by atoms with van der Waals surface area (Å²) in [6, 6.07) is 12.2. The molecule has 0 aromatic heterocycles. The van der Waals surface area contributed by atoms with Gasteiger partial charge >= 0.3 is 0 Å². The van der Waals surface area contributed by atoms with E-state index in [0.717, 1.165) is 23.3 Å². The molecule has 0 spiro atoms. The lowest BCUT2D eigenvalue weighted by molar-refractivity contribution is -0.120. The highest BCUT2D eigenvalue weighted by molar-refractivity contribution is 8.00. The van der Waals surface area contributed by atoms with E-state index in [1.165, 1.54) is 27.0 Å². The van der Waals surface area contributed by atoms with E-state index >= 15 is 0 Å². The monoisotopic (exact) mass is 445 g/mol. The molecule has 9 heteroatoms. The Kier molecular flexibility index (Phi) is 5.86. The van der Waals surface area contributed by atoms with Crippen LogP contribution in [-0.4, -0.2) is 49.9 Å². The molecule has 0 aliphatic carbocycles. The third kappa shape index (κ3) is 4.23. The molecular weight excluding hydrogens is 422 g/mol. The van der Waals surface area contributed by atoms with E-state index in [-0.39, 0.29) is 29.0 Å². The Bertz CT molecular complexity index is 1100. The fourth-order valence-corrected chi connectivity index (χ4v) is 6.11. The van der Waals surface area contributed by atoms with E-state index in [1.807, 2.05) is 25.1 Å². The summed E-state index contributed by atoms with van der Waals surface area (Å²) in [7, 11) is -3.61. The Hall–Kier alpha value is -2.36. The number of benzene rings is 2. The van der Waals surface area contributed by atoms with Crippen LogP contribution in [0.1, 0.15) is 18.4 Å². The standard InChI is InChI=1S/C21H23N3O4S2/c1-15-5-4-6-16(11-15)22-20(25)13-24-18-12-17(7-8-19(18)29-14-21(24)26)30(27,28)23-9-2-3-10-23/h4-8,11-12H,2-3,9-10,13-14H2,1H3,(H,22,25). The highest BCUT2D eigenvalue weighted by Gasteiger charge is 2.31. The van der Waals surface area contributed by atoms with Crippen molar-refractivity contribution in [3.63, 3.8) is 0 Å². The van der Waals surface area contributed by atoms with Gasteiger partial charge in [-0.15, -0.1) is 11.8 Å². The highest BCUT2D eigenvalue weighted by atomic mass is 32.2. The van der Waals surface area contributed by atoms with E-state index in [1.54, 1.807) is 18.2 Å². The Morgan fingerprint density at radius 1 is 1.13 bits per heavy atom. The number of carbonyl (C=O) groups excluding carboxylic acids is 2. The van der Waals surface area contributed by atoms with Crippen molar-refractivity contribution in [2.24, 2.45) is 0 Å². The first-order valence-corrected chi connectivity index (χ1v) is 12.2. The number of rotatable bonds is 5. The Morgan fingerprint density at radius 3 is 2.63 bits per heavy atom. The molecule has 4 rings (SSSR count). The summed E-state index contributed by atoms with van der Waals surface area (Å²) in [5, 5.41) is 2.80. The van der Waals surface area contributed by atoms with Gasteiger partial charge in [0.25, 0.3) is 0 Å². The molecule has 0 saturated carbocycles. The zero-order chi connectivity index (χ0) is 21.3. The van der Waals surface area contributed by atoms with Gasteiger partial charge in [0.1, 0.15) is 6.54 Å². The molecule has 2 aliphatic heterocycles. The smallest absolute Gasteiger partial charge is 0.244 e. The first kappa shape index (κ1) is 20.9. The molecule has 2 aliphatic rings. The molecule has 0 atom stereocenters. The number of hydrogen-bond donors (Lipinski definition) is 1. The van der Waals surface area contributed by atoms with Gasteiger partial charge < -0.3 is 10.2 Å². The van der Waals surface area contributed by atoms with Crippen molar-refractivity contribution in [2.45, 2.75) is 29.6 Å². The van der Waals surface area contributed by atoms with E-state index in [2.05, 4.69) is 5.32 Å². The number of hydrogen-bond acceptors (Lipinski definition) is 5. The summed E-state index contributed by atoms with van der Waals surface area (Å²) < 4.78 is 27.4. The van der Waals surface area contributed by atoms with Gasteiger partial charge in [0.15, 0.2) is 0 Å². The molecule has 0 bridgehead atoms. The van der Waals surface area contributed by atoms with Crippen LogP contribution in [-0.2, 0) is 19.6 Å². The molecule has 2 amide bonds. The molecule has 30 heavy (non-hydrogen) atoms. The maximum atomic E-state index is 12.9. The molecule has 1 saturated heterocycles. The number of aryl methyl sites for hydroxylation is 1. The predicted octanol–water partition coefficient (Wildman–Crippen LogP) is 2.86. The fraction of sp³-hybridized carbons (Fsp3) is 0.333. The largest absolute Gasteiger partial charge is 0.325 e. The Labute approximate surface area is 180 Å². The average Bonchev–Trinajstić information content (AvgIpc) is 3.25. The summed E-state index contributed by atoms with van der Waals surface area (Å²) in [5.74, 6) is -0.342. The van der Waals surface area contributed by atoms with E-state index < -0.39 is 10.0 Å². The van der Waals surface area contributed by atoms with Crippen LogP contribution in [0.5, 0.6) is 0 Å². The minimum Gasteiger partial charge on any atom is -0.325 e. The second-order valence-corrected chi connectivity index (χ2v) is 10.4. The molecule has 1 N–H and O–H groups in total. The third-order valence-electron chi connectivity index (χ3n) is 5.18. The molecule has 0 unspecified atom stereocenters. The van der Waals surface area contributed by atoms with Crippen molar-refractivity contribution in [3.05, 3.63) is 48.0 Å². The van der Waals surface area contributed by atoms with Crippen LogP contribution in [0.15, 0.2) is 52.3 Å². The molecule has 2 aromatic rings. The van der Waals surface area contributed by atoms with Crippen LogP contribution in [0.25, 0.3) is 0 Å². The number of sulfonamides is 1. The minimum absolute atomic E-state index is 0.155. The van der Waals surface area contributed by atoms with Gasteiger partial charge in [-0.05, 0) is 55.7 Å². The summed E-state index contributed by atoms with van der Waals surface area (Å²) in [4.78, 5) is 27.5. The normalized spacial score (nSPS) is 17.1. The van der Waals surface area contributed by atoms with Gasteiger partial charge in [0.2, 0.25) is 21.8 Å². The maximum Gasteiger partial charge on any atom is 0.244 e. The molecule has 1 fully saturated rings. The van der Waals surface area contributed by atoms with Gasteiger partial charge in [0, 0.05) is 23.7 Å². The lowest BCUT2D eigenvalue weighted by Crippen LogP contribution is -2.41.